The molecular formula is C10H12BrN3. The van der Waals surface area contributed by atoms with Crippen molar-refractivity contribution < 1.29 is 0 Å². The van der Waals surface area contributed by atoms with Gasteiger partial charge in [0, 0.05) is 23.6 Å². The Balaban J connectivity index is 2.36. The first-order valence-corrected chi connectivity index (χ1v) is 5.38. The summed E-state index contributed by atoms with van der Waals surface area (Å²) >= 11 is 3.50. The summed E-state index contributed by atoms with van der Waals surface area (Å²) in [6, 6.07) is 6.12. The van der Waals surface area contributed by atoms with Crippen LogP contribution in [0.5, 0.6) is 0 Å². The van der Waals surface area contributed by atoms with Crippen molar-refractivity contribution in [3.8, 4) is 0 Å². The molecule has 2 aromatic heterocycles. The lowest BCUT2D eigenvalue weighted by Crippen LogP contribution is -2.10. The van der Waals surface area contributed by atoms with Crippen LogP contribution in [0.1, 0.15) is 5.69 Å². The van der Waals surface area contributed by atoms with E-state index >= 15 is 0 Å². The highest BCUT2D eigenvalue weighted by Gasteiger charge is 2.03. The van der Waals surface area contributed by atoms with Gasteiger partial charge in [-0.25, -0.2) is 4.52 Å². The number of likely N-dealkylation sites (N-methyl/N-ethyl adjacent to an activating group) is 1. The van der Waals surface area contributed by atoms with Gasteiger partial charge in [0.1, 0.15) is 0 Å². The summed E-state index contributed by atoms with van der Waals surface area (Å²) in [5.41, 5.74) is 2.24. The summed E-state index contributed by atoms with van der Waals surface area (Å²) in [4.78, 5) is 0. The molecule has 2 heterocycles. The van der Waals surface area contributed by atoms with Crippen LogP contribution in [0.25, 0.3) is 5.52 Å². The number of aromatic nitrogens is 2. The maximum absolute atomic E-state index is 4.46. The molecule has 0 aliphatic carbocycles. The standard InChI is InChI=1S/C10H12BrN3/c1-12-5-4-8-7-10-9(11)3-2-6-14(10)13-8/h2-3,6-7,12H,4-5H2,1H3. The van der Waals surface area contributed by atoms with E-state index in [9.17, 15) is 0 Å². The van der Waals surface area contributed by atoms with Crippen LogP contribution in [0.2, 0.25) is 0 Å². The normalized spacial score (nSPS) is 11.0. The lowest BCUT2D eigenvalue weighted by molar-refractivity contribution is 0.764. The fourth-order valence-electron chi connectivity index (χ4n) is 1.41. The Hall–Kier alpha value is -0.870. The molecule has 0 atom stereocenters. The number of nitrogens with one attached hydrogen (secondary N) is 1. The number of rotatable bonds is 3. The van der Waals surface area contributed by atoms with E-state index in [2.05, 4.69) is 32.4 Å². The van der Waals surface area contributed by atoms with Gasteiger partial charge in [0.2, 0.25) is 0 Å². The largest absolute Gasteiger partial charge is 0.319 e. The second-order valence-electron chi connectivity index (χ2n) is 3.18. The molecule has 1 N–H and O–H groups in total. The third kappa shape index (κ3) is 1.81. The number of halogens is 1. The molecule has 0 unspecified atom stereocenters. The molecule has 0 saturated carbocycles. The summed E-state index contributed by atoms with van der Waals surface area (Å²) in [5.74, 6) is 0. The maximum atomic E-state index is 4.46. The molecule has 3 nitrogen and oxygen atoms in total. The van der Waals surface area contributed by atoms with Gasteiger partial charge in [0.05, 0.1) is 11.2 Å². The predicted molar refractivity (Wildman–Crippen MR) is 60.5 cm³/mol. The number of pyridine rings is 1. The van der Waals surface area contributed by atoms with Crippen molar-refractivity contribution in [2.24, 2.45) is 0 Å². The van der Waals surface area contributed by atoms with Crippen LogP contribution in [0, 0.1) is 0 Å². The molecule has 2 rings (SSSR count). The molecule has 0 spiro atoms. The van der Waals surface area contributed by atoms with Gasteiger partial charge in [-0.3, -0.25) is 0 Å². The Kier molecular flexibility index (Phi) is 2.84. The molecule has 0 aliphatic rings. The fourth-order valence-corrected chi connectivity index (χ4v) is 1.86. The van der Waals surface area contributed by atoms with E-state index in [1.165, 1.54) is 0 Å². The molecule has 0 aliphatic heterocycles. The average molecular weight is 254 g/mol. The quantitative estimate of drug-likeness (QED) is 0.905. The smallest absolute Gasteiger partial charge is 0.0806 e. The molecular weight excluding hydrogens is 242 g/mol. The minimum atomic E-state index is 0.960. The third-order valence-electron chi connectivity index (χ3n) is 2.13. The molecule has 0 amide bonds. The van der Waals surface area contributed by atoms with Gasteiger partial charge in [-0.1, -0.05) is 0 Å². The Labute approximate surface area is 91.2 Å². The van der Waals surface area contributed by atoms with Crippen LogP contribution < -0.4 is 5.32 Å². The van der Waals surface area contributed by atoms with E-state index in [0.717, 1.165) is 28.6 Å². The molecule has 4 heteroatoms. The van der Waals surface area contributed by atoms with Gasteiger partial charge in [-0.05, 0) is 41.2 Å². The van der Waals surface area contributed by atoms with E-state index in [1.807, 2.05) is 29.9 Å². The van der Waals surface area contributed by atoms with E-state index in [-0.39, 0.29) is 0 Å². The zero-order chi connectivity index (χ0) is 9.97. The highest BCUT2D eigenvalue weighted by atomic mass is 79.9. The van der Waals surface area contributed by atoms with Gasteiger partial charge >= 0.3 is 0 Å². The predicted octanol–water partition coefficient (Wildman–Crippen LogP) is 1.86. The van der Waals surface area contributed by atoms with Crippen molar-refractivity contribution in [3.05, 3.63) is 34.6 Å². The van der Waals surface area contributed by atoms with Crippen molar-refractivity contribution in [1.29, 1.82) is 0 Å². The third-order valence-corrected chi connectivity index (χ3v) is 2.80. The second kappa shape index (κ2) is 4.11. The van der Waals surface area contributed by atoms with E-state index in [1.54, 1.807) is 0 Å². The van der Waals surface area contributed by atoms with Crippen LogP contribution in [0.15, 0.2) is 28.9 Å². The van der Waals surface area contributed by atoms with Gasteiger partial charge in [-0.2, -0.15) is 5.10 Å². The van der Waals surface area contributed by atoms with E-state index in [0.29, 0.717) is 0 Å². The molecule has 0 fully saturated rings. The summed E-state index contributed by atoms with van der Waals surface area (Å²) in [6.07, 6.45) is 2.92. The Morgan fingerprint density at radius 1 is 1.57 bits per heavy atom. The van der Waals surface area contributed by atoms with Gasteiger partial charge in [-0.15, -0.1) is 0 Å². The summed E-state index contributed by atoms with van der Waals surface area (Å²) < 4.78 is 2.98. The SMILES string of the molecule is CNCCc1cc2c(Br)cccn2n1. The van der Waals surface area contributed by atoms with Crippen LogP contribution in [0.3, 0.4) is 0 Å². The summed E-state index contributed by atoms with van der Waals surface area (Å²) in [6.45, 7) is 0.960. The molecule has 0 radical (unpaired) electrons. The van der Waals surface area contributed by atoms with E-state index < -0.39 is 0 Å². The first-order valence-electron chi connectivity index (χ1n) is 4.58. The van der Waals surface area contributed by atoms with Crippen molar-refractivity contribution in [2.75, 3.05) is 13.6 Å². The Morgan fingerprint density at radius 3 is 3.14 bits per heavy atom. The van der Waals surface area contributed by atoms with Crippen molar-refractivity contribution in [2.45, 2.75) is 6.42 Å². The van der Waals surface area contributed by atoms with Crippen LogP contribution in [0.4, 0.5) is 0 Å². The molecule has 0 bridgehead atoms. The molecule has 14 heavy (non-hydrogen) atoms. The zero-order valence-electron chi connectivity index (χ0n) is 8.00. The topological polar surface area (TPSA) is 29.3 Å². The number of hydrogen-bond acceptors (Lipinski definition) is 2. The van der Waals surface area contributed by atoms with Crippen LogP contribution in [-0.2, 0) is 6.42 Å². The molecule has 0 aromatic carbocycles. The molecule has 2 aromatic rings. The second-order valence-corrected chi connectivity index (χ2v) is 4.03. The Morgan fingerprint density at radius 2 is 2.43 bits per heavy atom. The first-order chi connectivity index (χ1) is 6.81. The van der Waals surface area contributed by atoms with Crippen molar-refractivity contribution in [1.82, 2.24) is 14.9 Å². The Bertz CT molecular complexity index is 436. The maximum Gasteiger partial charge on any atom is 0.0806 e. The number of fused-ring (bicyclic) bond motifs is 1. The molecule has 74 valence electrons. The van der Waals surface area contributed by atoms with Gasteiger partial charge in [0.25, 0.3) is 0 Å². The highest BCUT2D eigenvalue weighted by Crippen LogP contribution is 2.18. The highest BCUT2D eigenvalue weighted by molar-refractivity contribution is 9.10. The minimum absolute atomic E-state index is 0.960. The lowest BCUT2D eigenvalue weighted by Gasteiger charge is -1.93. The van der Waals surface area contributed by atoms with E-state index in [4.69, 9.17) is 0 Å². The minimum Gasteiger partial charge on any atom is -0.319 e. The van der Waals surface area contributed by atoms with Crippen molar-refractivity contribution in [3.63, 3.8) is 0 Å². The monoisotopic (exact) mass is 253 g/mol. The zero-order valence-corrected chi connectivity index (χ0v) is 9.58. The average Bonchev–Trinajstić information content (AvgIpc) is 2.59. The van der Waals surface area contributed by atoms with Gasteiger partial charge in [0.15, 0.2) is 0 Å². The lowest BCUT2D eigenvalue weighted by atomic mass is 10.3. The number of hydrogen-bond donors (Lipinski definition) is 1. The van der Waals surface area contributed by atoms with Crippen molar-refractivity contribution >= 4 is 21.4 Å². The first kappa shape index (κ1) is 9.68. The van der Waals surface area contributed by atoms with Crippen LogP contribution >= 0.6 is 15.9 Å². The summed E-state index contributed by atoms with van der Waals surface area (Å²) in [7, 11) is 1.95. The summed E-state index contributed by atoms with van der Waals surface area (Å²) in [5, 5.41) is 7.57. The molecule has 0 saturated heterocycles. The van der Waals surface area contributed by atoms with Gasteiger partial charge < -0.3 is 5.32 Å². The van der Waals surface area contributed by atoms with Crippen LogP contribution in [-0.4, -0.2) is 23.2 Å². The number of nitrogens with zero attached hydrogens (tertiary/aromatic N) is 2. The fraction of sp³-hybridized carbons (Fsp3) is 0.300.